The van der Waals surface area contributed by atoms with Crippen LogP contribution in [0.2, 0.25) is 0 Å². The van der Waals surface area contributed by atoms with Crippen LogP contribution in [0.3, 0.4) is 0 Å². The van der Waals surface area contributed by atoms with Crippen LogP contribution in [-0.4, -0.2) is 35.5 Å². The average molecular weight is 376 g/mol. The molecule has 7 nitrogen and oxygen atoms in total. The largest absolute Gasteiger partial charge is 1.00 e. The fraction of sp³-hybridized carbons (Fsp3) is 0.933. The van der Waals surface area contributed by atoms with E-state index in [2.05, 4.69) is 16.0 Å². The topological polar surface area (TPSA) is 116 Å². The Balaban J connectivity index is 0. The van der Waals surface area contributed by atoms with Gasteiger partial charge in [0, 0.05) is 0 Å². The summed E-state index contributed by atoms with van der Waals surface area (Å²) in [4.78, 5) is 22.3. The van der Waals surface area contributed by atoms with Crippen LogP contribution in [0, 0.1) is 0 Å². The van der Waals surface area contributed by atoms with E-state index in [1.54, 1.807) is 0 Å². The van der Waals surface area contributed by atoms with E-state index in [0.717, 1.165) is 19.3 Å². The van der Waals surface area contributed by atoms with Gasteiger partial charge < -0.3 is 24.2 Å². The summed E-state index contributed by atoms with van der Waals surface area (Å²) >= 11 is 0. The van der Waals surface area contributed by atoms with E-state index in [-0.39, 0.29) is 36.2 Å². The molecule has 0 aliphatic heterocycles. The molecule has 2 unspecified atom stereocenters. The molecular formula is C15H30NaO7P. The van der Waals surface area contributed by atoms with Crippen molar-refractivity contribution in [2.45, 2.75) is 77.2 Å². The molecular weight excluding hydrogens is 346 g/mol. The molecule has 0 aliphatic carbocycles. The van der Waals surface area contributed by atoms with Gasteiger partial charge in [0.15, 0.2) is 6.10 Å². The maximum Gasteiger partial charge on any atom is 1.00 e. The van der Waals surface area contributed by atoms with Gasteiger partial charge in [-0.3, -0.25) is 4.57 Å². The van der Waals surface area contributed by atoms with Crippen molar-refractivity contribution in [3.63, 3.8) is 0 Å². The summed E-state index contributed by atoms with van der Waals surface area (Å²) in [5.74, 6) is -1.44. The van der Waals surface area contributed by atoms with Crippen LogP contribution < -0.4 is 34.5 Å². The van der Waals surface area contributed by atoms with Crippen molar-refractivity contribution in [3.05, 3.63) is 0 Å². The molecule has 24 heavy (non-hydrogen) atoms. The number of carbonyl (C=O) groups excluding carboxylic acids is 1. The second-order valence-electron chi connectivity index (χ2n) is 5.57. The molecule has 0 aromatic rings. The van der Waals surface area contributed by atoms with Gasteiger partial charge in [-0.2, -0.15) is 0 Å². The number of carbonyl (C=O) groups is 1. The Morgan fingerprint density at radius 3 is 1.96 bits per heavy atom. The third kappa shape index (κ3) is 16.0. The van der Waals surface area contributed by atoms with Crippen LogP contribution in [0.4, 0.5) is 0 Å². The predicted octanol–water partition coefficient (Wildman–Crippen LogP) is -0.707. The molecule has 9 heteroatoms. The van der Waals surface area contributed by atoms with Gasteiger partial charge in [0.1, 0.15) is 0 Å². The van der Waals surface area contributed by atoms with Crippen molar-refractivity contribution in [2.75, 3.05) is 13.2 Å². The molecule has 2 N–H and O–H groups in total. The zero-order valence-electron chi connectivity index (χ0n) is 14.9. The maximum absolute atomic E-state index is 11.3. The molecule has 0 aromatic carbocycles. The number of hydrogen-bond acceptors (Lipinski definition) is 7. The summed E-state index contributed by atoms with van der Waals surface area (Å²) in [6.07, 6.45) is 9.24. The predicted molar refractivity (Wildman–Crippen MR) is 84.6 cm³/mol. The van der Waals surface area contributed by atoms with Gasteiger partial charge in [-0.15, -0.1) is 0 Å². The molecule has 0 bridgehead atoms. The number of rotatable bonds is 15. The zero-order chi connectivity index (χ0) is 17.6. The molecule has 0 heterocycles. The van der Waals surface area contributed by atoms with E-state index in [1.165, 1.54) is 38.5 Å². The summed E-state index contributed by atoms with van der Waals surface area (Å²) in [5, 5.41) is 17.4. The summed E-state index contributed by atoms with van der Waals surface area (Å²) in [6, 6.07) is 0. The monoisotopic (exact) mass is 376 g/mol. The molecule has 2 atom stereocenters. The molecule has 0 spiro atoms. The Kier molecular flexibility index (Phi) is 18.9. The molecule has 0 radical (unpaired) electrons. The van der Waals surface area contributed by atoms with Crippen LogP contribution in [0.15, 0.2) is 0 Å². The minimum Gasteiger partial charge on any atom is -0.746 e. The molecule has 0 amide bonds. The third-order valence-corrected chi connectivity index (χ3v) is 4.30. The third-order valence-electron chi connectivity index (χ3n) is 3.39. The SMILES string of the molecule is CCCCCCCCCCCCOP(=O)([O-])OC(=O)C(O)CO.[Na+]. The maximum atomic E-state index is 11.3. The Morgan fingerprint density at radius 2 is 1.50 bits per heavy atom. The fourth-order valence-corrected chi connectivity index (χ4v) is 2.79. The fourth-order valence-electron chi connectivity index (χ4n) is 2.04. The summed E-state index contributed by atoms with van der Waals surface area (Å²) in [5.41, 5.74) is 0. The molecule has 0 aliphatic rings. The second kappa shape index (κ2) is 17.0. The minimum atomic E-state index is -4.76. The minimum absolute atomic E-state index is 0. The first-order valence-corrected chi connectivity index (χ1v) is 9.87. The number of aliphatic hydroxyl groups is 2. The molecule has 138 valence electrons. The van der Waals surface area contributed by atoms with Gasteiger partial charge in [-0.1, -0.05) is 64.7 Å². The van der Waals surface area contributed by atoms with Crippen molar-refractivity contribution in [1.29, 1.82) is 0 Å². The Hall–Kier alpha value is 0.540. The first-order valence-electron chi connectivity index (χ1n) is 8.41. The van der Waals surface area contributed by atoms with Crippen molar-refractivity contribution < 1.29 is 63.1 Å². The van der Waals surface area contributed by atoms with Crippen LogP contribution >= 0.6 is 7.82 Å². The normalized spacial score (nSPS) is 14.5. The molecule has 0 rings (SSSR count). The Morgan fingerprint density at radius 1 is 1.04 bits per heavy atom. The van der Waals surface area contributed by atoms with Crippen LogP contribution in [-0.2, 0) is 18.4 Å². The Bertz CT molecular complexity index is 355. The molecule has 0 aromatic heterocycles. The Labute approximate surface area is 167 Å². The van der Waals surface area contributed by atoms with Gasteiger partial charge in [0.25, 0.3) is 0 Å². The van der Waals surface area contributed by atoms with E-state index in [9.17, 15) is 14.3 Å². The smallest absolute Gasteiger partial charge is 0.746 e. The second-order valence-corrected chi connectivity index (χ2v) is 6.91. The van der Waals surface area contributed by atoms with Crippen molar-refractivity contribution in [3.8, 4) is 0 Å². The van der Waals surface area contributed by atoms with E-state index < -0.39 is 26.5 Å². The van der Waals surface area contributed by atoms with Crippen molar-refractivity contribution in [1.82, 2.24) is 0 Å². The van der Waals surface area contributed by atoms with Crippen molar-refractivity contribution in [2.24, 2.45) is 0 Å². The van der Waals surface area contributed by atoms with Gasteiger partial charge in [-0.25, -0.2) is 4.79 Å². The van der Waals surface area contributed by atoms with E-state index in [1.807, 2.05) is 0 Å². The first-order chi connectivity index (χ1) is 10.9. The van der Waals surface area contributed by atoms with E-state index in [4.69, 9.17) is 10.2 Å². The number of hydrogen-bond donors (Lipinski definition) is 2. The number of phosphoric ester groups is 1. The summed E-state index contributed by atoms with van der Waals surface area (Å²) in [7, 11) is -4.76. The van der Waals surface area contributed by atoms with Crippen LogP contribution in [0.1, 0.15) is 71.1 Å². The van der Waals surface area contributed by atoms with Gasteiger partial charge in [0.2, 0.25) is 0 Å². The zero-order valence-corrected chi connectivity index (χ0v) is 17.8. The number of phosphoric acid groups is 1. The van der Waals surface area contributed by atoms with Crippen LogP contribution in [0.5, 0.6) is 0 Å². The standard InChI is InChI=1S/C15H31O7P.Na/c1-2-3-4-5-6-7-8-9-10-11-12-21-23(19,20)22-15(18)14(17)13-16;/h14,16-17H,2-13H2,1H3,(H,19,20);/q;+1/p-1. The van der Waals surface area contributed by atoms with E-state index >= 15 is 0 Å². The molecule has 0 saturated carbocycles. The summed E-state index contributed by atoms with van der Waals surface area (Å²) in [6.45, 7) is 1.23. The quantitative estimate of drug-likeness (QED) is 0.220. The average Bonchev–Trinajstić information content (AvgIpc) is 2.51. The van der Waals surface area contributed by atoms with Gasteiger partial charge in [-0.05, 0) is 6.42 Å². The van der Waals surface area contributed by atoms with Gasteiger partial charge >= 0.3 is 43.3 Å². The van der Waals surface area contributed by atoms with Crippen molar-refractivity contribution >= 4 is 13.8 Å². The number of unbranched alkanes of at least 4 members (excludes halogenated alkanes) is 9. The van der Waals surface area contributed by atoms with E-state index in [0.29, 0.717) is 6.42 Å². The first kappa shape index (κ1) is 26.8. The van der Waals surface area contributed by atoms with Crippen LogP contribution in [0.25, 0.3) is 0 Å². The number of aliphatic hydroxyl groups excluding tert-OH is 2. The molecule has 0 fully saturated rings. The molecule has 0 saturated heterocycles. The van der Waals surface area contributed by atoms with Gasteiger partial charge in [0.05, 0.1) is 13.2 Å². The summed E-state index contributed by atoms with van der Waals surface area (Å²) < 4.78 is 19.8.